The Labute approximate surface area is 263 Å². The summed E-state index contributed by atoms with van der Waals surface area (Å²) in [7, 11) is 1.53. The zero-order valence-corrected chi connectivity index (χ0v) is 28.6. The van der Waals surface area contributed by atoms with Crippen LogP contribution in [-0.4, -0.2) is 48.8 Å². The monoisotopic (exact) mass is 614 g/mol. The van der Waals surface area contributed by atoms with E-state index in [2.05, 4.69) is 40.7 Å². The van der Waals surface area contributed by atoms with Crippen molar-refractivity contribution in [1.82, 2.24) is 0 Å². The predicted molar refractivity (Wildman–Crippen MR) is 164 cm³/mol. The number of fused-ring (bicyclic) bond motifs is 7. The van der Waals surface area contributed by atoms with Crippen molar-refractivity contribution in [2.75, 3.05) is 7.11 Å². The summed E-state index contributed by atoms with van der Waals surface area (Å²) in [6, 6.07) is 0. The molecule has 0 aromatic heterocycles. The molecule has 10 atom stereocenters. The van der Waals surface area contributed by atoms with Gasteiger partial charge in [0, 0.05) is 26.7 Å². The SMILES string of the molecule is COC(=O)[C@]12CCC(C)(C)C[C@H]1C1=CC[C@@H]3[C@@]4(C)C[C@@H](OC(C)=O)[C@H](OC(C)=O)[C@@](C)(OC(C)=O)[C@@H]4CC[C@@]3(C)[C@]1(C)CC2. The van der Waals surface area contributed by atoms with Gasteiger partial charge in [-0.2, -0.15) is 0 Å². The molecule has 5 aliphatic carbocycles. The van der Waals surface area contributed by atoms with Gasteiger partial charge in [0.05, 0.1) is 12.5 Å². The van der Waals surface area contributed by atoms with Crippen LogP contribution in [-0.2, 0) is 38.1 Å². The number of rotatable bonds is 4. The molecule has 5 aliphatic rings. The molecular weight excluding hydrogens is 560 g/mol. The van der Waals surface area contributed by atoms with Crippen LogP contribution >= 0.6 is 0 Å². The van der Waals surface area contributed by atoms with Crippen LogP contribution in [0.2, 0.25) is 0 Å². The van der Waals surface area contributed by atoms with Gasteiger partial charge >= 0.3 is 23.9 Å². The fourth-order valence-corrected chi connectivity index (χ4v) is 11.6. The zero-order valence-electron chi connectivity index (χ0n) is 28.6. The van der Waals surface area contributed by atoms with Gasteiger partial charge in [0.1, 0.15) is 6.10 Å². The van der Waals surface area contributed by atoms with E-state index in [9.17, 15) is 19.2 Å². The van der Waals surface area contributed by atoms with Gasteiger partial charge in [-0.1, -0.05) is 46.3 Å². The van der Waals surface area contributed by atoms with Crippen molar-refractivity contribution in [2.45, 2.75) is 138 Å². The smallest absolute Gasteiger partial charge is 0.312 e. The van der Waals surface area contributed by atoms with Crippen molar-refractivity contribution in [3.8, 4) is 0 Å². The zero-order chi connectivity index (χ0) is 32.7. The maximum absolute atomic E-state index is 13.5. The van der Waals surface area contributed by atoms with Crippen LogP contribution in [0.15, 0.2) is 11.6 Å². The molecule has 0 aliphatic heterocycles. The first-order valence-electron chi connectivity index (χ1n) is 16.6. The lowest BCUT2D eigenvalue weighted by atomic mass is 9.34. The van der Waals surface area contributed by atoms with Gasteiger partial charge < -0.3 is 18.9 Å². The Morgan fingerprint density at radius 3 is 2.00 bits per heavy atom. The minimum atomic E-state index is -1.17. The second-order valence-corrected chi connectivity index (χ2v) is 16.5. The van der Waals surface area contributed by atoms with Gasteiger partial charge in [0.25, 0.3) is 0 Å². The standard InChI is InChI=1S/C36H54O8/c1-21(37)42-26-20-32(6)27-12-11-24-25-19-31(4,5)15-17-36(25,30(40)41-10)18-16-33(24,7)34(27,8)14-13-28(32)35(9,44-23(3)39)29(26)43-22(2)38/h11,25-29H,12-20H2,1-10H3/t25-,26+,27+,28+,29-,32+,33+,34+,35-,36-/m0/s1. The third-order valence-corrected chi connectivity index (χ3v) is 13.7. The van der Waals surface area contributed by atoms with E-state index in [4.69, 9.17) is 18.9 Å². The van der Waals surface area contributed by atoms with Crippen LogP contribution in [0.4, 0.5) is 0 Å². The molecule has 4 saturated carbocycles. The number of carbonyl (C=O) groups is 4. The van der Waals surface area contributed by atoms with Gasteiger partial charge in [-0.05, 0) is 98.2 Å². The molecule has 44 heavy (non-hydrogen) atoms. The molecule has 8 heteroatoms. The van der Waals surface area contributed by atoms with Crippen molar-refractivity contribution >= 4 is 23.9 Å². The Bertz CT molecular complexity index is 1270. The quantitative estimate of drug-likeness (QED) is 0.195. The minimum absolute atomic E-state index is 0.0611. The van der Waals surface area contributed by atoms with Crippen LogP contribution in [0.1, 0.15) is 120 Å². The molecule has 0 spiro atoms. The van der Waals surface area contributed by atoms with Crippen molar-refractivity contribution < 1.29 is 38.1 Å². The van der Waals surface area contributed by atoms with Crippen LogP contribution in [0, 0.1) is 44.8 Å². The van der Waals surface area contributed by atoms with Gasteiger partial charge in [0.15, 0.2) is 11.7 Å². The van der Waals surface area contributed by atoms with Crippen molar-refractivity contribution in [2.24, 2.45) is 44.8 Å². The number of ether oxygens (including phenoxy) is 4. The lowest BCUT2D eigenvalue weighted by molar-refractivity contribution is -0.274. The third-order valence-electron chi connectivity index (χ3n) is 13.7. The number of hydrogen-bond acceptors (Lipinski definition) is 8. The van der Waals surface area contributed by atoms with Crippen molar-refractivity contribution in [3.63, 3.8) is 0 Å². The van der Waals surface area contributed by atoms with Gasteiger partial charge in [-0.15, -0.1) is 0 Å². The van der Waals surface area contributed by atoms with E-state index < -0.39 is 41.1 Å². The van der Waals surface area contributed by atoms with Crippen molar-refractivity contribution in [3.05, 3.63) is 11.6 Å². The molecule has 0 aromatic rings. The molecule has 0 aromatic carbocycles. The Morgan fingerprint density at radius 2 is 1.41 bits per heavy atom. The molecule has 0 N–H and O–H groups in total. The van der Waals surface area contributed by atoms with Gasteiger partial charge in [-0.25, -0.2) is 0 Å². The fraction of sp³-hybridized carbons (Fsp3) is 0.833. The Hall–Kier alpha value is -2.38. The first-order valence-corrected chi connectivity index (χ1v) is 16.6. The highest BCUT2D eigenvalue weighted by atomic mass is 16.6. The summed E-state index contributed by atoms with van der Waals surface area (Å²) in [5.74, 6) is -1.25. The summed E-state index contributed by atoms with van der Waals surface area (Å²) < 4.78 is 23.4. The van der Waals surface area contributed by atoms with Gasteiger partial charge in [-0.3, -0.25) is 19.2 Å². The number of esters is 4. The minimum Gasteiger partial charge on any atom is -0.469 e. The largest absolute Gasteiger partial charge is 0.469 e. The number of carbonyl (C=O) groups excluding carboxylic acids is 4. The highest BCUT2D eigenvalue weighted by molar-refractivity contribution is 5.78. The summed E-state index contributed by atoms with van der Waals surface area (Å²) >= 11 is 0. The molecule has 0 unspecified atom stereocenters. The maximum atomic E-state index is 13.5. The molecule has 0 heterocycles. The average molecular weight is 615 g/mol. The van der Waals surface area contributed by atoms with E-state index >= 15 is 0 Å². The second kappa shape index (κ2) is 10.6. The van der Waals surface area contributed by atoms with E-state index in [1.165, 1.54) is 33.5 Å². The number of allylic oxidation sites excluding steroid dienone is 2. The maximum Gasteiger partial charge on any atom is 0.312 e. The summed E-state index contributed by atoms with van der Waals surface area (Å²) in [5, 5.41) is 0. The Morgan fingerprint density at radius 1 is 0.773 bits per heavy atom. The summed E-state index contributed by atoms with van der Waals surface area (Å²) in [4.78, 5) is 50.9. The molecule has 0 saturated heterocycles. The van der Waals surface area contributed by atoms with E-state index in [1.54, 1.807) is 0 Å². The molecule has 0 amide bonds. The molecule has 0 bridgehead atoms. The molecule has 246 valence electrons. The lowest BCUT2D eigenvalue weighted by Crippen LogP contribution is -2.71. The first kappa shape index (κ1) is 33.0. The lowest BCUT2D eigenvalue weighted by Gasteiger charge is -2.71. The second-order valence-electron chi connectivity index (χ2n) is 16.5. The Kier molecular flexibility index (Phi) is 7.94. The summed E-state index contributed by atoms with van der Waals surface area (Å²) in [6.07, 6.45) is 8.37. The first-order chi connectivity index (χ1) is 20.3. The molecule has 5 rings (SSSR count). The summed E-state index contributed by atoms with van der Waals surface area (Å²) in [5.41, 5.74) is -0.717. The molecule has 8 nitrogen and oxygen atoms in total. The van der Waals surface area contributed by atoms with E-state index in [-0.39, 0.29) is 45.4 Å². The van der Waals surface area contributed by atoms with E-state index in [1.807, 2.05) is 6.92 Å². The third kappa shape index (κ3) is 4.66. The van der Waals surface area contributed by atoms with Crippen LogP contribution in [0.3, 0.4) is 0 Å². The Balaban J connectivity index is 1.63. The van der Waals surface area contributed by atoms with E-state index in [0.29, 0.717) is 6.42 Å². The number of methoxy groups -OCH3 is 1. The molecular formula is C36H54O8. The van der Waals surface area contributed by atoms with Crippen LogP contribution in [0.25, 0.3) is 0 Å². The summed E-state index contributed by atoms with van der Waals surface area (Å²) in [6.45, 7) is 17.7. The molecule has 4 fully saturated rings. The predicted octanol–water partition coefficient (Wildman–Crippen LogP) is 6.73. The van der Waals surface area contributed by atoms with Crippen LogP contribution < -0.4 is 0 Å². The topological polar surface area (TPSA) is 105 Å². The van der Waals surface area contributed by atoms with Gasteiger partial charge in [0.2, 0.25) is 0 Å². The average Bonchev–Trinajstić information content (AvgIpc) is 2.89. The normalized spacial score (nSPS) is 45.6. The fourth-order valence-electron chi connectivity index (χ4n) is 11.6. The van der Waals surface area contributed by atoms with Crippen molar-refractivity contribution in [1.29, 1.82) is 0 Å². The molecule has 0 radical (unpaired) electrons. The van der Waals surface area contributed by atoms with Crippen LogP contribution in [0.5, 0.6) is 0 Å². The highest BCUT2D eigenvalue weighted by Gasteiger charge is 2.72. The number of hydrogen-bond donors (Lipinski definition) is 0. The van der Waals surface area contributed by atoms with E-state index in [0.717, 1.165) is 51.4 Å². The highest BCUT2D eigenvalue weighted by Crippen LogP contribution is 2.75.